The van der Waals surface area contributed by atoms with Crippen LogP contribution >= 0.6 is 23.2 Å². The third-order valence-corrected chi connectivity index (χ3v) is 3.74. The molecule has 0 aromatic heterocycles. The van der Waals surface area contributed by atoms with Crippen LogP contribution in [0.3, 0.4) is 0 Å². The summed E-state index contributed by atoms with van der Waals surface area (Å²) in [5, 5.41) is 5.48. The van der Waals surface area contributed by atoms with E-state index < -0.39 is 23.4 Å². The second kappa shape index (κ2) is 8.08. The van der Waals surface area contributed by atoms with Crippen LogP contribution < -0.4 is 10.6 Å². The van der Waals surface area contributed by atoms with Crippen molar-refractivity contribution in [1.29, 1.82) is 0 Å². The zero-order valence-electron chi connectivity index (χ0n) is 12.2. The molecular weight excluding hydrogens is 361 g/mol. The number of hydrogen-bond donors (Lipinski definition) is 2. The van der Waals surface area contributed by atoms with Crippen molar-refractivity contribution in [2.45, 2.75) is 6.42 Å². The van der Waals surface area contributed by atoms with Gasteiger partial charge in [-0.05, 0) is 29.8 Å². The number of anilines is 1. The number of nitrogens with one attached hydrogen (secondary N) is 2. The van der Waals surface area contributed by atoms with Crippen molar-refractivity contribution < 1.29 is 18.4 Å². The summed E-state index contributed by atoms with van der Waals surface area (Å²) in [5.41, 5.74) is 0.737. The van der Waals surface area contributed by atoms with Crippen LogP contribution in [0.2, 0.25) is 10.0 Å². The first-order chi connectivity index (χ1) is 11.3. The van der Waals surface area contributed by atoms with Gasteiger partial charge >= 0.3 is 0 Å². The van der Waals surface area contributed by atoms with E-state index in [1.165, 1.54) is 6.07 Å². The molecule has 2 N–H and O–H groups in total. The Kier molecular flexibility index (Phi) is 6.11. The summed E-state index contributed by atoms with van der Waals surface area (Å²) in [5.74, 6) is -3.04. The van der Waals surface area contributed by atoms with E-state index in [4.69, 9.17) is 23.2 Å². The van der Waals surface area contributed by atoms with E-state index >= 15 is 0 Å². The van der Waals surface area contributed by atoms with Gasteiger partial charge in [-0.3, -0.25) is 9.59 Å². The largest absolute Gasteiger partial charge is 0.347 e. The minimum Gasteiger partial charge on any atom is -0.347 e. The minimum absolute atomic E-state index is 0.0232. The Morgan fingerprint density at radius 2 is 1.67 bits per heavy atom. The second-order valence-electron chi connectivity index (χ2n) is 4.88. The standard InChI is InChI=1S/C16H12Cl2F2N2O2/c17-11-3-1-9(5-12(11)18)6-15(23)21-8-16(24)22-10-2-4-13(19)14(20)7-10/h1-5,7H,6,8H2,(H,21,23)(H,22,24). The molecule has 0 unspecified atom stereocenters. The minimum atomic E-state index is -1.07. The second-order valence-corrected chi connectivity index (χ2v) is 5.69. The highest BCUT2D eigenvalue weighted by molar-refractivity contribution is 6.42. The number of carbonyl (C=O) groups excluding carboxylic acids is 2. The van der Waals surface area contributed by atoms with E-state index in [2.05, 4.69) is 10.6 Å². The highest BCUT2D eigenvalue weighted by Crippen LogP contribution is 2.22. The van der Waals surface area contributed by atoms with Gasteiger partial charge in [0, 0.05) is 11.8 Å². The molecule has 0 aliphatic rings. The lowest BCUT2D eigenvalue weighted by molar-refractivity contribution is -0.123. The topological polar surface area (TPSA) is 58.2 Å². The summed E-state index contributed by atoms with van der Waals surface area (Å²) in [4.78, 5) is 23.5. The molecule has 0 aliphatic heterocycles. The van der Waals surface area contributed by atoms with Gasteiger partial charge in [-0.25, -0.2) is 8.78 Å². The molecule has 126 valence electrons. The van der Waals surface area contributed by atoms with Crippen LogP contribution in [-0.4, -0.2) is 18.4 Å². The molecule has 2 amide bonds. The number of carbonyl (C=O) groups is 2. The predicted molar refractivity (Wildman–Crippen MR) is 88.2 cm³/mol. The van der Waals surface area contributed by atoms with E-state index in [1.54, 1.807) is 18.2 Å². The van der Waals surface area contributed by atoms with Crippen LogP contribution in [-0.2, 0) is 16.0 Å². The summed E-state index contributed by atoms with van der Waals surface area (Å²) >= 11 is 11.6. The molecule has 0 atom stereocenters. The zero-order chi connectivity index (χ0) is 17.7. The Hall–Kier alpha value is -2.18. The van der Waals surface area contributed by atoms with Crippen LogP contribution in [0.5, 0.6) is 0 Å². The van der Waals surface area contributed by atoms with Crippen molar-refractivity contribution in [3.63, 3.8) is 0 Å². The van der Waals surface area contributed by atoms with Crippen molar-refractivity contribution in [1.82, 2.24) is 5.32 Å². The van der Waals surface area contributed by atoms with Crippen LogP contribution in [0.1, 0.15) is 5.56 Å². The summed E-state index contributed by atoms with van der Waals surface area (Å²) in [6.07, 6.45) is 0.0232. The van der Waals surface area contributed by atoms with Crippen molar-refractivity contribution >= 4 is 40.7 Å². The van der Waals surface area contributed by atoms with Gasteiger partial charge in [0.15, 0.2) is 11.6 Å². The van der Waals surface area contributed by atoms with E-state index in [0.29, 0.717) is 15.6 Å². The predicted octanol–water partition coefficient (Wildman–Crippen LogP) is 3.57. The molecule has 2 rings (SSSR count). The average Bonchev–Trinajstić information content (AvgIpc) is 2.53. The average molecular weight is 373 g/mol. The quantitative estimate of drug-likeness (QED) is 0.842. The van der Waals surface area contributed by atoms with Crippen LogP contribution in [0.25, 0.3) is 0 Å². The number of halogens is 4. The number of hydrogen-bond acceptors (Lipinski definition) is 2. The maximum Gasteiger partial charge on any atom is 0.243 e. The molecule has 0 aliphatic carbocycles. The monoisotopic (exact) mass is 372 g/mol. The number of amides is 2. The molecule has 0 heterocycles. The molecule has 0 spiro atoms. The van der Waals surface area contributed by atoms with E-state index in [-0.39, 0.29) is 18.7 Å². The lowest BCUT2D eigenvalue weighted by atomic mass is 10.1. The third kappa shape index (κ3) is 5.18. The lowest BCUT2D eigenvalue weighted by Gasteiger charge is -2.08. The molecule has 0 bridgehead atoms. The fourth-order valence-corrected chi connectivity index (χ4v) is 2.18. The molecule has 2 aromatic rings. The highest BCUT2D eigenvalue weighted by atomic mass is 35.5. The zero-order valence-corrected chi connectivity index (χ0v) is 13.7. The van der Waals surface area contributed by atoms with Crippen LogP contribution in [0.15, 0.2) is 36.4 Å². The molecule has 24 heavy (non-hydrogen) atoms. The van der Waals surface area contributed by atoms with Gasteiger partial charge in [0.05, 0.1) is 23.0 Å². The maximum absolute atomic E-state index is 13.0. The van der Waals surface area contributed by atoms with Crippen molar-refractivity contribution in [3.8, 4) is 0 Å². The van der Waals surface area contributed by atoms with Gasteiger partial charge < -0.3 is 10.6 Å². The lowest BCUT2D eigenvalue weighted by Crippen LogP contribution is -2.33. The van der Waals surface area contributed by atoms with Gasteiger partial charge in [-0.1, -0.05) is 29.3 Å². The first kappa shape index (κ1) is 18.2. The van der Waals surface area contributed by atoms with Gasteiger partial charge in [-0.2, -0.15) is 0 Å². The molecule has 2 aromatic carbocycles. The van der Waals surface area contributed by atoms with Gasteiger partial charge in [0.2, 0.25) is 11.8 Å². The third-order valence-electron chi connectivity index (χ3n) is 3.00. The molecule has 0 radical (unpaired) electrons. The first-order valence-electron chi connectivity index (χ1n) is 6.80. The Labute approximate surface area is 146 Å². The molecule has 8 heteroatoms. The van der Waals surface area contributed by atoms with Crippen LogP contribution in [0, 0.1) is 11.6 Å². The fraction of sp³-hybridized carbons (Fsp3) is 0.125. The molecule has 4 nitrogen and oxygen atoms in total. The van der Waals surface area contributed by atoms with Gasteiger partial charge in [-0.15, -0.1) is 0 Å². The Morgan fingerprint density at radius 1 is 0.917 bits per heavy atom. The summed E-state index contributed by atoms with van der Waals surface area (Å²) < 4.78 is 25.8. The van der Waals surface area contributed by atoms with E-state index in [1.807, 2.05) is 0 Å². The smallest absolute Gasteiger partial charge is 0.243 e. The Bertz CT molecular complexity index is 719. The summed E-state index contributed by atoms with van der Waals surface area (Å²) in [6.45, 7) is -0.306. The molecule has 0 saturated carbocycles. The van der Waals surface area contributed by atoms with Gasteiger partial charge in [0.25, 0.3) is 0 Å². The molecule has 0 fully saturated rings. The normalized spacial score (nSPS) is 10.3. The molecule has 0 saturated heterocycles. The van der Waals surface area contributed by atoms with Crippen molar-refractivity contribution in [2.24, 2.45) is 0 Å². The first-order valence-corrected chi connectivity index (χ1v) is 7.56. The summed E-state index contributed by atoms with van der Waals surface area (Å²) in [7, 11) is 0. The van der Waals surface area contributed by atoms with E-state index in [0.717, 1.165) is 12.1 Å². The number of benzene rings is 2. The van der Waals surface area contributed by atoms with Crippen molar-refractivity contribution in [2.75, 3.05) is 11.9 Å². The molecular formula is C16H12Cl2F2N2O2. The fourth-order valence-electron chi connectivity index (χ4n) is 1.86. The SMILES string of the molecule is O=C(Cc1ccc(Cl)c(Cl)c1)NCC(=O)Nc1ccc(F)c(F)c1. The Balaban J connectivity index is 1.83. The number of rotatable bonds is 5. The highest BCUT2D eigenvalue weighted by Gasteiger charge is 2.09. The van der Waals surface area contributed by atoms with Gasteiger partial charge in [0.1, 0.15) is 0 Å². The summed E-state index contributed by atoms with van der Waals surface area (Å²) in [6, 6.07) is 7.74. The Morgan fingerprint density at radius 3 is 2.33 bits per heavy atom. The van der Waals surface area contributed by atoms with Crippen molar-refractivity contribution in [3.05, 3.63) is 63.6 Å². The maximum atomic E-state index is 13.0. The van der Waals surface area contributed by atoms with E-state index in [9.17, 15) is 18.4 Å². The van der Waals surface area contributed by atoms with Crippen LogP contribution in [0.4, 0.5) is 14.5 Å².